The highest BCUT2D eigenvalue weighted by molar-refractivity contribution is 5.92. The zero-order chi connectivity index (χ0) is 17.7. The Balaban J connectivity index is 1.31. The molecule has 4 fully saturated rings. The van der Waals surface area contributed by atoms with Gasteiger partial charge in [0.05, 0.1) is 38.2 Å². The van der Waals surface area contributed by atoms with Crippen LogP contribution in [0.3, 0.4) is 0 Å². The molecule has 1 aromatic heterocycles. The van der Waals surface area contributed by atoms with E-state index < -0.39 is 0 Å². The fourth-order valence-electron chi connectivity index (χ4n) is 4.70. The van der Waals surface area contributed by atoms with Gasteiger partial charge in [-0.3, -0.25) is 14.6 Å². The number of amides is 2. The fourth-order valence-corrected chi connectivity index (χ4v) is 4.70. The van der Waals surface area contributed by atoms with Gasteiger partial charge in [0.15, 0.2) is 0 Å². The maximum absolute atomic E-state index is 12.9. The minimum absolute atomic E-state index is 0.0181. The van der Waals surface area contributed by atoms with Crippen LogP contribution in [0.15, 0.2) is 18.6 Å². The standard InChI is InChI=1S/C18H22N4O4/c23-17(13-7-19-2-3-20-13)22-5-6-26-15-1-4-21(8-14(15)22)18(24)16-11-9-25-10-12(11)16/h2-3,7,11-12,14-16H,1,4-6,8-10H2/t11-,12+,14-,15-,16?/m0/s1. The number of hydrogen-bond acceptors (Lipinski definition) is 6. The summed E-state index contributed by atoms with van der Waals surface area (Å²) < 4.78 is 11.3. The highest BCUT2D eigenvalue weighted by atomic mass is 16.5. The minimum Gasteiger partial charge on any atom is -0.381 e. The largest absolute Gasteiger partial charge is 0.381 e. The number of likely N-dealkylation sites (tertiary alicyclic amines) is 1. The SMILES string of the molecule is O=C(C1[C@H]2COC[C@@H]12)N1CC[C@@H]2OCCN(C(=O)c3cnccn3)[C@H]2C1. The minimum atomic E-state index is -0.137. The second kappa shape index (κ2) is 6.28. The Morgan fingerprint density at radius 1 is 1.15 bits per heavy atom. The summed E-state index contributed by atoms with van der Waals surface area (Å²) in [5, 5.41) is 0. The van der Waals surface area contributed by atoms with Gasteiger partial charge < -0.3 is 19.3 Å². The molecule has 1 saturated carbocycles. The Bertz CT molecular complexity index is 704. The average Bonchev–Trinajstić information content (AvgIpc) is 3.17. The number of hydrogen-bond donors (Lipinski definition) is 0. The van der Waals surface area contributed by atoms with Crippen molar-refractivity contribution in [3.8, 4) is 0 Å². The van der Waals surface area contributed by atoms with E-state index in [1.54, 1.807) is 6.20 Å². The zero-order valence-corrected chi connectivity index (χ0v) is 14.5. The molecule has 0 radical (unpaired) electrons. The lowest BCUT2D eigenvalue weighted by molar-refractivity contribution is -0.143. The third-order valence-corrected chi connectivity index (χ3v) is 6.18. The van der Waals surface area contributed by atoms with Gasteiger partial charge in [-0.25, -0.2) is 4.98 Å². The molecular weight excluding hydrogens is 336 g/mol. The van der Waals surface area contributed by atoms with Crippen LogP contribution in [0.25, 0.3) is 0 Å². The van der Waals surface area contributed by atoms with Crippen LogP contribution in [0.2, 0.25) is 0 Å². The summed E-state index contributed by atoms with van der Waals surface area (Å²) in [4.78, 5) is 37.7. The lowest BCUT2D eigenvalue weighted by Gasteiger charge is -2.47. The lowest BCUT2D eigenvalue weighted by Crippen LogP contribution is -2.62. The third kappa shape index (κ3) is 2.59. The van der Waals surface area contributed by atoms with Gasteiger partial charge in [0.2, 0.25) is 5.91 Å². The van der Waals surface area contributed by atoms with E-state index in [0.29, 0.717) is 57.0 Å². The first-order chi connectivity index (χ1) is 12.7. The van der Waals surface area contributed by atoms with Gasteiger partial charge in [-0.05, 0) is 18.3 Å². The van der Waals surface area contributed by atoms with Crippen molar-refractivity contribution < 1.29 is 19.1 Å². The highest BCUT2D eigenvalue weighted by Gasteiger charge is 2.59. The summed E-state index contributed by atoms with van der Waals surface area (Å²) in [5.74, 6) is 1.01. The van der Waals surface area contributed by atoms with Crippen LogP contribution in [0, 0.1) is 17.8 Å². The molecule has 1 aliphatic carbocycles. The molecule has 0 aromatic carbocycles. The first-order valence-corrected chi connectivity index (χ1v) is 9.29. The van der Waals surface area contributed by atoms with Gasteiger partial charge in [-0.1, -0.05) is 0 Å². The maximum Gasteiger partial charge on any atom is 0.274 e. The van der Waals surface area contributed by atoms with Crippen molar-refractivity contribution in [2.75, 3.05) is 39.5 Å². The molecule has 0 spiro atoms. The van der Waals surface area contributed by atoms with Crippen molar-refractivity contribution in [1.29, 1.82) is 0 Å². The second-order valence-corrected chi connectivity index (χ2v) is 7.53. The smallest absolute Gasteiger partial charge is 0.274 e. The van der Waals surface area contributed by atoms with Crippen LogP contribution in [-0.2, 0) is 14.3 Å². The molecule has 138 valence electrons. The molecule has 4 heterocycles. The van der Waals surface area contributed by atoms with Crippen LogP contribution in [0.5, 0.6) is 0 Å². The Morgan fingerprint density at radius 3 is 2.77 bits per heavy atom. The molecule has 1 aromatic rings. The third-order valence-electron chi connectivity index (χ3n) is 6.18. The predicted octanol–water partition coefficient (Wildman–Crippen LogP) is -0.189. The summed E-state index contributed by atoms with van der Waals surface area (Å²) in [6, 6.07) is -0.120. The number of carbonyl (C=O) groups is 2. The van der Waals surface area contributed by atoms with E-state index in [0.717, 1.165) is 6.42 Å². The van der Waals surface area contributed by atoms with Gasteiger partial charge >= 0.3 is 0 Å². The monoisotopic (exact) mass is 358 g/mol. The number of nitrogens with zero attached hydrogens (tertiary/aromatic N) is 4. The van der Waals surface area contributed by atoms with Crippen molar-refractivity contribution in [1.82, 2.24) is 19.8 Å². The molecule has 3 aliphatic heterocycles. The van der Waals surface area contributed by atoms with Crippen molar-refractivity contribution in [2.45, 2.75) is 18.6 Å². The van der Waals surface area contributed by atoms with Crippen molar-refractivity contribution >= 4 is 11.8 Å². The number of carbonyl (C=O) groups excluding carboxylic acids is 2. The Hall–Kier alpha value is -2.06. The number of ether oxygens (including phenoxy) is 2. The first kappa shape index (κ1) is 16.1. The summed E-state index contributed by atoms with van der Waals surface area (Å²) in [6.45, 7) is 3.69. The highest BCUT2D eigenvalue weighted by Crippen LogP contribution is 2.51. The van der Waals surface area contributed by atoms with Gasteiger partial charge in [0.1, 0.15) is 5.69 Å². The number of rotatable bonds is 2. The van der Waals surface area contributed by atoms with E-state index in [9.17, 15) is 9.59 Å². The van der Waals surface area contributed by atoms with E-state index >= 15 is 0 Å². The Kier molecular flexibility index (Phi) is 3.90. The van der Waals surface area contributed by atoms with E-state index in [4.69, 9.17) is 9.47 Å². The molecule has 8 nitrogen and oxygen atoms in total. The van der Waals surface area contributed by atoms with Crippen LogP contribution < -0.4 is 0 Å². The molecule has 2 amide bonds. The molecular formula is C18H22N4O4. The normalized spacial score (nSPS) is 35.6. The zero-order valence-electron chi connectivity index (χ0n) is 14.5. The maximum atomic E-state index is 12.9. The van der Waals surface area contributed by atoms with Crippen molar-refractivity contribution in [2.24, 2.45) is 17.8 Å². The van der Waals surface area contributed by atoms with Gasteiger partial charge in [0.25, 0.3) is 5.91 Å². The van der Waals surface area contributed by atoms with Crippen LogP contribution >= 0.6 is 0 Å². The van der Waals surface area contributed by atoms with Crippen LogP contribution in [-0.4, -0.2) is 83.2 Å². The van der Waals surface area contributed by atoms with Gasteiger partial charge in [-0.2, -0.15) is 0 Å². The summed E-state index contributed by atoms with van der Waals surface area (Å²) in [7, 11) is 0. The van der Waals surface area contributed by atoms with E-state index in [-0.39, 0.29) is 29.9 Å². The average molecular weight is 358 g/mol. The first-order valence-electron chi connectivity index (χ1n) is 9.29. The van der Waals surface area contributed by atoms with Crippen molar-refractivity contribution in [3.63, 3.8) is 0 Å². The summed E-state index contributed by atoms with van der Waals surface area (Å²) in [6.07, 6.45) is 5.31. The molecule has 4 aliphatic rings. The number of aromatic nitrogens is 2. The van der Waals surface area contributed by atoms with E-state index in [1.807, 2.05) is 9.80 Å². The Labute approximate surface area is 151 Å². The van der Waals surface area contributed by atoms with Crippen LogP contribution in [0.1, 0.15) is 16.9 Å². The molecule has 3 saturated heterocycles. The van der Waals surface area contributed by atoms with E-state index in [1.165, 1.54) is 12.4 Å². The molecule has 0 bridgehead atoms. The summed E-state index contributed by atoms with van der Waals surface area (Å²) in [5.41, 5.74) is 0.338. The molecule has 5 rings (SSSR count). The number of fused-ring (bicyclic) bond motifs is 2. The number of piperidine rings is 1. The number of morpholine rings is 1. The van der Waals surface area contributed by atoms with Gasteiger partial charge in [0, 0.05) is 37.9 Å². The van der Waals surface area contributed by atoms with E-state index in [2.05, 4.69) is 9.97 Å². The molecule has 26 heavy (non-hydrogen) atoms. The second-order valence-electron chi connectivity index (χ2n) is 7.53. The quantitative estimate of drug-likeness (QED) is 0.729. The fraction of sp³-hybridized carbons (Fsp3) is 0.667. The molecule has 8 heteroatoms. The summed E-state index contributed by atoms with van der Waals surface area (Å²) >= 11 is 0. The molecule has 5 atom stereocenters. The van der Waals surface area contributed by atoms with Gasteiger partial charge in [-0.15, -0.1) is 0 Å². The van der Waals surface area contributed by atoms with Crippen molar-refractivity contribution in [3.05, 3.63) is 24.3 Å². The lowest BCUT2D eigenvalue weighted by atomic mass is 9.97. The predicted molar refractivity (Wildman–Crippen MR) is 89.1 cm³/mol. The van der Waals surface area contributed by atoms with Crippen LogP contribution in [0.4, 0.5) is 0 Å². The molecule has 0 N–H and O–H groups in total. The Morgan fingerprint density at radius 2 is 2.00 bits per heavy atom. The molecule has 1 unspecified atom stereocenters. The topological polar surface area (TPSA) is 84.9 Å².